The Kier molecular flexibility index (Phi) is 2.85. The van der Waals surface area contributed by atoms with Gasteiger partial charge in [0.05, 0.1) is 0 Å². The summed E-state index contributed by atoms with van der Waals surface area (Å²) in [6.07, 6.45) is 8.48. The van der Waals surface area contributed by atoms with Gasteiger partial charge in [-0.25, -0.2) is 0 Å². The van der Waals surface area contributed by atoms with Crippen LogP contribution in [0, 0.1) is 5.92 Å². The summed E-state index contributed by atoms with van der Waals surface area (Å²) in [5, 5.41) is 24.7. The van der Waals surface area contributed by atoms with E-state index in [2.05, 4.69) is 18.2 Å². The summed E-state index contributed by atoms with van der Waals surface area (Å²) >= 11 is 0. The molecule has 0 radical (unpaired) electrons. The van der Waals surface area contributed by atoms with Crippen LogP contribution in [0.15, 0.2) is 80.9 Å². The zero-order chi connectivity index (χ0) is 20.0. The molecule has 1 atom stereocenters. The first-order valence-electron chi connectivity index (χ1n) is 9.97. The van der Waals surface area contributed by atoms with Crippen LogP contribution in [0.25, 0.3) is 49.8 Å². The highest BCUT2D eigenvalue weighted by molar-refractivity contribution is 6.13. The molecule has 5 aromatic rings. The first kappa shape index (κ1) is 15.9. The molecule has 0 fully saturated rings. The van der Waals surface area contributed by atoms with Crippen LogP contribution in [0.5, 0.6) is 5.75 Å². The van der Waals surface area contributed by atoms with Crippen LogP contribution in [0.4, 0.5) is 0 Å². The smallest absolute Gasteiger partial charge is 0.136 e. The highest BCUT2D eigenvalue weighted by Crippen LogP contribution is 2.42. The number of phenols is 1. The number of aliphatic hydroxyl groups excluding tert-OH is 1. The molecule has 2 aliphatic rings. The molecule has 4 nitrogen and oxygen atoms in total. The van der Waals surface area contributed by atoms with Crippen molar-refractivity contribution < 1.29 is 19.0 Å². The second-order valence-corrected chi connectivity index (χ2v) is 8.15. The standard InChI is InChI=1S/C26H16O4/c27-17-3-1-13-7-19-21-11-26-22(12-25(21)29-23(19)9-15(13)5-17)20-8-14-2-4-18(28)6-16(14)10-24(20)30-26/h1-7,9-12,14,27-28H,8H2. The van der Waals surface area contributed by atoms with E-state index in [1.165, 1.54) is 5.56 Å². The maximum atomic E-state index is 9.80. The van der Waals surface area contributed by atoms with Crippen molar-refractivity contribution in [2.75, 3.05) is 0 Å². The first-order chi connectivity index (χ1) is 14.6. The van der Waals surface area contributed by atoms with Gasteiger partial charge in [-0.05, 0) is 77.4 Å². The van der Waals surface area contributed by atoms with Crippen molar-refractivity contribution in [2.24, 2.45) is 5.92 Å². The fourth-order valence-corrected chi connectivity index (χ4v) is 4.85. The zero-order valence-corrected chi connectivity index (χ0v) is 15.8. The van der Waals surface area contributed by atoms with E-state index in [-0.39, 0.29) is 17.4 Å². The molecule has 0 aliphatic heterocycles. The maximum absolute atomic E-state index is 9.80. The Hall–Kier alpha value is -3.92. The molecule has 0 saturated heterocycles. The van der Waals surface area contributed by atoms with Gasteiger partial charge in [-0.3, -0.25) is 0 Å². The van der Waals surface area contributed by atoms with E-state index < -0.39 is 0 Å². The predicted molar refractivity (Wildman–Crippen MR) is 118 cm³/mol. The molecule has 2 heterocycles. The van der Waals surface area contributed by atoms with E-state index in [9.17, 15) is 10.2 Å². The number of hydrogen-bond donors (Lipinski definition) is 2. The molecule has 2 aromatic heterocycles. The number of allylic oxidation sites excluding steroid dienone is 4. The van der Waals surface area contributed by atoms with Crippen LogP contribution in [0.1, 0.15) is 11.3 Å². The van der Waals surface area contributed by atoms with Gasteiger partial charge in [0.15, 0.2) is 0 Å². The van der Waals surface area contributed by atoms with Crippen LogP contribution >= 0.6 is 0 Å². The third-order valence-corrected chi connectivity index (χ3v) is 6.32. The van der Waals surface area contributed by atoms with Gasteiger partial charge in [0, 0.05) is 27.6 Å². The Morgan fingerprint density at radius 3 is 2.50 bits per heavy atom. The molecule has 7 rings (SSSR count). The Morgan fingerprint density at radius 1 is 0.767 bits per heavy atom. The lowest BCUT2D eigenvalue weighted by atomic mass is 9.83. The van der Waals surface area contributed by atoms with E-state index in [1.807, 2.05) is 30.4 Å². The molecule has 4 heteroatoms. The minimum absolute atomic E-state index is 0.245. The van der Waals surface area contributed by atoms with E-state index in [0.29, 0.717) is 0 Å². The molecule has 3 aromatic carbocycles. The average Bonchev–Trinajstić information content (AvgIpc) is 3.25. The summed E-state index contributed by atoms with van der Waals surface area (Å²) in [6, 6.07) is 13.6. The summed E-state index contributed by atoms with van der Waals surface area (Å²) in [4.78, 5) is 0. The molecule has 30 heavy (non-hydrogen) atoms. The van der Waals surface area contributed by atoms with Gasteiger partial charge < -0.3 is 19.0 Å². The topological polar surface area (TPSA) is 66.7 Å². The summed E-state index contributed by atoms with van der Waals surface area (Å²) < 4.78 is 12.4. The fourth-order valence-electron chi connectivity index (χ4n) is 4.85. The second-order valence-electron chi connectivity index (χ2n) is 8.15. The summed E-state index contributed by atoms with van der Waals surface area (Å²) in [5.41, 5.74) is 4.71. The summed E-state index contributed by atoms with van der Waals surface area (Å²) in [7, 11) is 0. The quantitative estimate of drug-likeness (QED) is 0.306. The Labute approximate surface area is 170 Å². The van der Waals surface area contributed by atoms with Gasteiger partial charge in [-0.15, -0.1) is 0 Å². The Bertz CT molecular complexity index is 1640. The number of rotatable bonds is 0. The largest absolute Gasteiger partial charge is 0.508 e. The van der Waals surface area contributed by atoms with Crippen LogP contribution in [-0.4, -0.2) is 10.2 Å². The van der Waals surface area contributed by atoms with Crippen LogP contribution in [0.2, 0.25) is 0 Å². The zero-order valence-electron chi connectivity index (χ0n) is 15.8. The van der Waals surface area contributed by atoms with Crippen LogP contribution in [0.3, 0.4) is 0 Å². The van der Waals surface area contributed by atoms with Crippen molar-refractivity contribution in [2.45, 2.75) is 6.42 Å². The van der Waals surface area contributed by atoms with E-state index in [4.69, 9.17) is 8.83 Å². The number of hydrogen-bond acceptors (Lipinski definition) is 4. The highest BCUT2D eigenvalue weighted by Gasteiger charge is 2.26. The van der Waals surface area contributed by atoms with Gasteiger partial charge in [-0.2, -0.15) is 0 Å². The Morgan fingerprint density at radius 2 is 1.57 bits per heavy atom. The van der Waals surface area contributed by atoms with Crippen molar-refractivity contribution >= 4 is 49.8 Å². The van der Waals surface area contributed by atoms with Crippen molar-refractivity contribution in [1.82, 2.24) is 0 Å². The number of furan rings is 2. The van der Waals surface area contributed by atoms with E-state index in [0.717, 1.165) is 61.4 Å². The summed E-state index contributed by atoms with van der Waals surface area (Å²) in [5.74, 6) is 1.63. The molecule has 2 N–H and O–H groups in total. The summed E-state index contributed by atoms with van der Waals surface area (Å²) in [6.45, 7) is 0. The molecule has 2 aliphatic carbocycles. The van der Waals surface area contributed by atoms with Crippen LogP contribution in [-0.2, 0) is 6.42 Å². The molecular formula is C26H16O4. The van der Waals surface area contributed by atoms with Crippen LogP contribution < -0.4 is 0 Å². The van der Waals surface area contributed by atoms with Gasteiger partial charge in [0.1, 0.15) is 34.0 Å². The van der Waals surface area contributed by atoms with E-state index >= 15 is 0 Å². The Balaban J connectivity index is 1.49. The van der Waals surface area contributed by atoms with Gasteiger partial charge in [0.25, 0.3) is 0 Å². The first-order valence-corrected chi connectivity index (χ1v) is 9.97. The minimum atomic E-state index is 0.245. The molecule has 0 bridgehead atoms. The van der Waals surface area contributed by atoms with Gasteiger partial charge in [-0.1, -0.05) is 12.1 Å². The molecule has 0 amide bonds. The number of phenolic OH excluding ortho intramolecular Hbond substituents is 1. The van der Waals surface area contributed by atoms with Crippen molar-refractivity contribution in [3.63, 3.8) is 0 Å². The molecule has 144 valence electrons. The second kappa shape index (κ2) is 5.36. The SMILES string of the molecule is OC1=CC2=Cc3oc4cc5c(cc4c3CC2C=C1)oc1cc2cc(O)ccc2cc15. The van der Waals surface area contributed by atoms with Crippen molar-refractivity contribution in [1.29, 1.82) is 0 Å². The number of fused-ring (bicyclic) bond motifs is 8. The minimum Gasteiger partial charge on any atom is -0.508 e. The van der Waals surface area contributed by atoms with Crippen molar-refractivity contribution in [3.8, 4) is 5.75 Å². The predicted octanol–water partition coefficient (Wildman–Crippen LogP) is 6.76. The number of benzene rings is 3. The molecule has 0 spiro atoms. The lowest BCUT2D eigenvalue weighted by Crippen LogP contribution is -2.11. The average molecular weight is 392 g/mol. The van der Waals surface area contributed by atoms with Gasteiger partial charge in [0.2, 0.25) is 0 Å². The molecular weight excluding hydrogens is 376 g/mol. The third kappa shape index (κ3) is 2.10. The monoisotopic (exact) mass is 392 g/mol. The van der Waals surface area contributed by atoms with Crippen molar-refractivity contribution in [3.05, 3.63) is 83.3 Å². The molecule has 1 unspecified atom stereocenters. The molecule has 0 saturated carbocycles. The maximum Gasteiger partial charge on any atom is 0.136 e. The lowest BCUT2D eigenvalue weighted by molar-refractivity contribution is 0.427. The van der Waals surface area contributed by atoms with E-state index in [1.54, 1.807) is 18.2 Å². The third-order valence-electron chi connectivity index (χ3n) is 6.32. The lowest BCUT2D eigenvalue weighted by Gasteiger charge is -2.21. The number of aromatic hydroxyl groups is 1. The highest BCUT2D eigenvalue weighted by atomic mass is 16.3. The number of aliphatic hydroxyl groups is 1. The van der Waals surface area contributed by atoms with Gasteiger partial charge >= 0.3 is 0 Å². The fraction of sp³-hybridized carbons (Fsp3) is 0.0769. The normalized spacial score (nSPS) is 18.1.